The molecule has 15 heavy (non-hydrogen) atoms. The molecule has 0 heterocycles. The third-order valence-electron chi connectivity index (χ3n) is 2.98. The molecule has 0 saturated carbocycles. The predicted octanol–water partition coefficient (Wildman–Crippen LogP) is 2.10. The Bertz CT molecular complexity index is 255. The van der Waals surface area contributed by atoms with E-state index in [-0.39, 0.29) is 0 Å². The molecule has 0 fully saturated rings. The lowest BCUT2D eigenvalue weighted by Crippen LogP contribution is -3.09. The van der Waals surface area contributed by atoms with E-state index in [0.717, 1.165) is 0 Å². The summed E-state index contributed by atoms with van der Waals surface area (Å²) in [5.41, 5.74) is 1.47. The van der Waals surface area contributed by atoms with Gasteiger partial charge in [0.25, 0.3) is 0 Å². The molecule has 0 amide bonds. The Morgan fingerprint density at radius 2 is 1.87 bits per heavy atom. The van der Waals surface area contributed by atoms with E-state index in [1.807, 2.05) is 0 Å². The lowest BCUT2D eigenvalue weighted by molar-refractivity contribution is -0.881. The highest BCUT2D eigenvalue weighted by Crippen LogP contribution is 2.11. The molecule has 1 unspecified atom stereocenters. The molecule has 1 N–H and O–H groups in total. The maximum atomic E-state index is 2.32. The van der Waals surface area contributed by atoms with Crippen molar-refractivity contribution in [3.63, 3.8) is 0 Å². The first-order valence-corrected chi connectivity index (χ1v) is 6.10. The number of hydrogen-bond donors (Lipinski definition) is 1. The summed E-state index contributed by atoms with van der Waals surface area (Å²) in [5.74, 6) is 0.669. The van der Waals surface area contributed by atoms with Gasteiger partial charge >= 0.3 is 0 Å². The second kappa shape index (κ2) is 6.62. The molecule has 0 aromatic heterocycles. The highest BCUT2D eigenvalue weighted by Gasteiger charge is 2.10. The van der Waals surface area contributed by atoms with Gasteiger partial charge in [-0.1, -0.05) is 50.6 Å². The largest absolute Gasteiger partial charge is 0.337 e. The van der Waals surface area contributed by atoms with E-state index in [1.165, 1.54) is 31.5 Å². The summed E-state index contributed by atoms with van der Waals surface area (Å²) in [6, 6.07) is 10.8. The van der Waals surface area contributed by atoms with Crippen molar-refractivity contribution >= 4 is 0 Å². The lowest BCUT2D eigenvalue weighted by atomic mass is 10.0. The number of quaternary nitrogens is 1. The second-order valence-electron chi connectivity index (χ2n) is 4.58. The Morgan fingerprint density at radius 1 is 1.20 bits per heavy atom. The molecule has 0 aliphatic rings. The van der Waals surface area contributed by atoms with E-state index in [2.05, 4.69) is 51.2 Å². The standard InChI is InChI=1S/C14H23N/c1-4-5-11-15(3)12-13(2)14-9-7-6-8-10-14/h6-10,13H,4-5,11-12H2,1-3H3/p+1/t13-/m0/s1. The molecule has 0 bridgehead atoms. The Morgan fingerprint density at radius 3 is 2.47 bits per heavy atom. The summed E-state index contributed by atoms with van der Waals surface area (Å²) >= 11 is 0. The van der Waals surface area contributed by atoms with Gasteiger partial charge in [-0.05, 0) is 12.0 Å². The van der Waals surface area contributed by atoms with E-state index in [9.17, 15) is 0 Å². The zero-order chi connectivity index (χ0) is 11.1. The first-order valence-electron chi connectivity index (χ1n) is 6.10. The van der Waals surface area contributed by atoms with Crippen LogP contribution in [0.25, 0.3) is 0 Å². The van der Waals surface area contributed by atoms with Crippen LogP contribution in [0.2, 0.25) is 0 Å². The summed E-state index contributed by atoms with van der Waals surface area (Å²) in [5, 5.41) is 0. The van der Waals surface area contributed by atoms with Gasteiger partial charge in [0.05, 0.1) is 20.1 Å². The molecule has 1 rings (SSSR count). The van der Waals surface area contributed by atoms with Crippen molar-refractivity contribution in [2.24, 2.45) is 0 Å². The molecule has 1 aromatic rings. The molecule has 1 heteroatoms. The Hall–Kier alpha value is -0.820. The molecule has 1 nitrogen and oxygen atoms in total. The molecule has 0 aliphatic carbocycles. The Balaban J connectivity index is 2.38. The van der Waals surface area contributed by atoms with Gasteiger partial charge in [0.15, 0.2) is 0 Å². The van der Waals surface area contributed by atoms with Crippen LogP contribution in [0.5, 0.6) is 0 Å². The van der Waals surface area contributed by atoms with Crippen molar-refractivity contribution in [1.82, 2.24) is 0 Å². The van der Waals surface area contributed by atoms with E-state index in [0.29, 0.717) is 5.92 Å². The van der Waals surface area contributed by atoms with E-state index in [4.69, 9.17) is 0 Å². The normalized spacial score (nSPS) is 14.9. The maximum absolute atomic E-state index is 2.32. The van der Waals surface area contributed by atoms with Gasteiger partial charge in [0, 0.05) is 5.92 Å². The van der Waals surface area contributed by atoms with Crippen LogP contribution in [0.1, 0.15) is 38.2 Å². The molecular weight excluding hydrogens is 182 g/mol. The minimum Gasteiger partial charge on any atom is -0.337 e. The predicted molar refractivity (Wildman–Crippen MR) is 66.4 cm³/mol. The van der Waals surface area contributed by atoms with Crippen molar-refractivity contribution in [3.05, 3.63) is 35.9 Å². The fraction of sp³-hybridized carbons (Fsp3) is 0.571. The number of likely N-dealkylation sites (N-methyl/N-ethyl adjacent to an activating group) is 1. The molecule has 0 spiro atoms. The second-order valence-corrected chi connectivity index (χ2v) is 4.58. The summed E-state index contributed by atoms with van der Waals surface area (Å²) in [7, 11) is 2.30. The molecule has 1 aromatic carbocycles. The van der Waals surface area contributed by atoms with Gasteiger partial charge in [-0.15, -0.1) is 0 Å². The molecule has 0 radical (unpaired) electrons. The van der Waals surface area contributed by atoms with Gasteiger partial charge in [0.2, 0.25) is 0 Å². The number of hydrogen-bond acceptors (Lipinski definition) is 0. The minimum atomic E-state index is 0.669. The molecule has 2 atom stereocenters. The topological polar surface area (TPSA) is 4.44 Å². The Kier molecular flexibility index (Phi) is 5.41. The van der Waals surface area contributed by atoms with Gasteiger partial charge in [-0.25, -0.2) is 0 Å². The lowest BCUT2D eigenvalue weighted by Gasteiger charge is -2.18. The first kappa shape index (κ1) is 12.3. The fourth-order valence-corrected chi connectivity index (χ4v) is 2.00. The van der Waals surface area contributed by atoms with Crippen molar-refractivity contribution < 1.29 is 4.90 Å². The molecular formula is C14H24N+. The van der Waals surface area contributed by atoms with Crippen LogP contribution in [0.3, 0.4) is 0 Å². The molecule has 0 saturated heterocycles. The average molecular weight is 206 g/mol. The third-order valence-corrected chi connectivity index (χ3v) is 2.98. The van der Waals surface area contributed by atoms with Crippen LogP contribution in [0.4, 0.5) is 0 Å². The van der Waals surface area contributed by atoms with Crippen LogP contribution >= 0.6 is 0 Å². The minimum absolute atomic E-state index is 0.669. The van der Waals surface area contributed by atoms with Crippen molar-refractivity contribution in [2.45, 2.75) is 32.6 Å². The Labute approximate surface area is 94.1 Å². The monoisotopic (exact) mass is 206 g/mol. The van der Waals surface area contributed by atoms with Crippen LogP contribution in [0.15, 0.2) is 30.3 Å². The van der Waals surface area contributed by atoms with Crippen LogP contribution in [-0.4, -0.2) is 20.1 Å². The number of rotatable bonds is 6. The fourth-order valence-electron chi connectivity index (χ4n) is 2.00. The molecule has 84 valence electrons. The third kappa shape index (κ3) is 4.48. The van der Waals surface area contributed by atoms with E-state index < -0.39 is 0 Å². The first-order chi connectivity index (χ1) is 7.24. The van der Waals surface area contributed by atoms with E-state index in [1.54, 1.807) is 4.90 Å². The van der Waals surface area contributed by atoms with Crippen LogP contribution < -0.4 is 4.90 Å². The zero-order valence-corrected chi connectivity index (χ0v) is 10.3. The maximum Gasteiger partial charge on any atom is 0.0835 e. The zero-order valence-electron chi connectivity index (χ0n) is 10.3. The summed E-state index contributed by atoms with van der Waals surface area (Å²) in [4.78, 5) is 1.65. The van der Waals surface area contributed by atoms with Gasteiger partial charge in [-0.3, -0.25) is 0 Å². The number of unbranched alkanes of at least 4 members (excludes halogenated alkanes) is 1. The summed E-state index contributed by atoms with van der Waals surface area (Å²) < 4.78 is 0. The van der Waals surface area contributed by atoms with Crippen LogP contribution in [0, 0.1) is 0 Å². The number of benzene rings is 1. The van der Waals surface area contributed by atoms with E-state index >= 15 is 0 Å². The van der Waals surface area contributed by atoms with Crippen LogP contribution in [-0.2, 0) is 0 Å². The SMILES string of the molecule is CCCC[NH+](C)C[C@H](C)c1ccccc1. The van der Waals surface area contributed by atoms with Crippen molar-refractivity contribution in [2.75, 3.05) is 20.1 Å². The highest BCUT2D eigenvalue weighted by atomic mass is 15.1. The molecule has 0 aliphatic heterocycles. The highest BCUT2D eigenvalue weighted by molar-refractivity contribution is 5.18. The number of nitrogens with one attached hydrogen (secondary N) is 1. The van der Waals surface area contributed by atoms with Crippen molar-refractivity contribution in [3.8, 4) is 0 Å². The summed E-state index contributed by atoms with van der Waals surface area (Å²) in [6.45, 7) is 7.12. The smallest absolute Gasteiger partial charge is 0.0835 e. The van der Waals surface area contributed by atoms with Crippen molar-refractivity contribution in [1.29, 1.82) is 0 Å². The van der Waals surface area contributed by atoms with Gasteiger partial charge in [-0.2, -0.15) is 0 Å². The summed E-state index contributed by atoms with van der Waals surface area (Å²) in [6.07, 6.45) is 2.64. The van der Waals surface area contributed by atoms with Gasteiger partial charge in [0.1, 0.15) is 0 Å². The quantitative estimate of drug-likeness (QED) is 0.727. The average Bonchev–Trinajstić information content (AvgIpc) is 2.27. The van der Waals surface area contributed by atoms with Gasteiger partial charge < -0.3 is 4.90 Å².